The molecule has 1 aromatic rings. The van der Waals surface area contributed by atoms with Gasteiger partial charge in [0, 0.05) is 71.7 Å². The lowest BCUT2D eigenvalue weighted by Crippen LogP contribution is -2.66. The molecule has 4 bridgehead atoms. The van der Waals surface area contributed by atoms with Crippen LogP contribution in [0.4, 0.5) is 0 Å². The molecular weight excluding hydrogens is 883 g/mol. The van der Waals surface area contributed by atoms with Gasteiger partial charge in [0.1, 0.15) is 6.23 Å². The highest BCUT2D eigenvalue weighted by atomic mass is 33.1. The molecule has 0 spiro atoms. The van der Waals surface area contributed by atoms with Crippen LogP contribution in [0, 0.1) is 69.5 Å². The third kappa shape index (κ3) is 7.80. The summed E-state index contributed by atoms with van der Waals surface area (Å²) in [4.78, 5) is 24.3. The minimum Gasteiger partial charge on any atom is -0.396 e. The Labute approximate surface area is 406 Å². The Hall–Kier alpha value is -2.17. The highest BCUT2D eigenvalue weighted by Gasteiger charge is 2.74. The molecule has 12 nitrogen and oxygen atoms in total. The first-order valence-electron chi connectivity index (χ1n) is 26.0. The first-order chi connectivity index (χ1) is 31.9. The van der Waals surface area contributed by atoms with Crippen LogP contribution in [-0.2, 0) is 4.79 Å². The number of hydrogen-bond acceptors (Lipinski definition) is 11. The maximum Gasteiger partial charge on any atom is 0.190 e. The summed E-state index contributed by atoms with van der Waals surface area (Å²) in [5.41, 5.74) is 10.2. The first-order valence-corrected chi connectivity index (χ1v) is 28.4. The average molecular weight is 962 g/mol. The highest BCUT2D eigenvalue weighted by molar-refractivity contribution is 8.76. The van der Waals surface area contributed by atoms with E-state index in [0.29, 0.717) is 37.5 Å². The molecule has 10 rings (SSSR count). The fourth-order valence-corrected chi connectivity index (χ4v) is 20.8. The second-order valence-corrected chi connectivity index (χ2v) is 26.6. The number of ketones is 1. The number of aliphatic hydroxyl groups excluding tert-OH is 5. The minimum absolute atomic E-state index is 0.0335. The Bertz CT molecular complexity index is 2180. The maximum atomic E-state index is 14.8. The van der Waals surface area contributed by atoms with Gasteiger partial charge in [-0.2, -0.15) is 0 Å². The van der Waals surface area contributed by atoms with Gasteiger partial charge in [0.05, 0.1) is 30.2 Å². The van der Waals surface area contributed by atoms with Gasteiger partial charge in [0.15, 0.2) is 11.7 Å². The number of nitrogens with two attached hydrogens (primary N) is 1. The molecule has 370 valence electrons. The fourth-order valence-electron chi connectivity index (χ4n) is 17.5. The Balaban J connectivity index is 1.18. The van der Waals surface area contributed by atoms with Gasteiger partial charge in [-0.3, -0.25) is 9.79 Å². The summed E-state index contributed by atoms with van der Waals surface area (Å²) in [6.45, 7) is 11.2. The zero-order chi connectivity index (χ0) is 47.4. The summed E-state index contributed by atoms with van der Waals surface area (Å²) in [5, 5.41) is 74.4. The van der Waals surface area contributed by atoms with Crippen LogP contribution < -0.4 is 11.1 Å². The van der Waals surface area contributed by atoms with E-state index in [1.54, 1.807) is 29.7 Å². The van der Waals surface area contributed by atoms with Crippen molar-refractivity contribution < 1.29 is 35.4 Å². The van der Waals surface area contributed by atoms with Gasteiger partial charge in [-0.1, -0.05) is 78.0 Å². The van der Waals surface area contributed by atoms with E-state index < -0.39 is 46.9 Å². The molecule has 0 aromatic carbocycles. The topological polar surface area (TPSA) is 207 Å². The predicted molar refractivity (Wildman–Crippen MR) is 264 cm³/mol. The van der Waals surface area contributed by atoms with Gasteiger partial charge in [-0.25, -0.2) is 4.98 Å². The number of nitrogens with zero attached hydrogens (tertiary/aromatic N) is 3. The van der Waals surface area contributed by atoms with Crippen LogP contribution >= 0.6 is 21.6 Å². The van der Waals surface area contributed by atoms with E-state index in [1.807, 2.05) is 34.1 Å². The Kier molecular flexibility index (Phi) is 13.1. The smallest absolute Gasteiger partial charge is 0.190 e. The van der Waals surface area contributed by atoms with Crippen LogP contribution in [0.2, 0.25) is 0 Å². The van der Waals surface area contributed by atoms with E-state index >= 15 is 0 Å². The molecule has 9 aliphatic rings. The Morgan fingerprint density at radius 2 is 1.81 bits per heavy atom. The van der Waals surface area contributed by atoms with Gasteiger partial charge in [-0.15, -0.1) is 0 Å². The van der Waals surface area contributed by atoms with Crippen LogP contribution in [0.1, 0.15) is 137 Å². The van der Waals surface area contributed by atoms with Crippen molar-refractivity contribution in [2.75, 3.05) is 18.9 Å². The summed E-state index contributed by atoms with van der Waals surface area (Å²) in [5.74, 6) is -0.0805. The average Bonchev–Trinajstić information content (AvgIpc) is 3.90. The van der Waals surface area contributed by atoms with E-state index in [-0.39, 0.29) is 90.0 Å². The predicted octanol–water partition coefficient (Wildman–Crippen LogP) is 6.87. The van der Waals surface area contributed by atoms with Crippen LogP contribution in [0.15, 0.2) is 57.7 Å². The standard InChI is InChI=1S/C53H79N5O7S2/c1-28(60)57-49(54)56-25-30-22-52(5)36-19-38(53(52,65)39-21-40(61)37-20-41(62)42(63)24-51(37,4)46(30)39)43(14-9-17-59)67-66-26-31(58-16-15-55-27-58)23-50(2,3)47-34-12-7-6-11-32(34)33-13-8-10-29-18-35(36)48(64)45(47)44(29)33/h15-16,21,27-32,35-38,41-43,45-46,48,59-60,62-65H,6-14,17-20,22-26H2,1-5H3,(H3,54,56,57)/t28-,29-,30+,31-,32+,35-,36+,37-,38-,41+,42-,43-,45+,46-,48-,51-,52+,53+/m0/s1. The van der Waals surface area contributed by atoms with Crippen LogP contribution in [0.3, 0.4) is 0 Å². The van der Waals surface area contributed by atoms with Gasteiger partial charge >= 0.3 is 0 Å². The Morgan fingerprint density at radius 1 is 1.01 bits per heavy atom. The summed E-state index contributed by atoms with van der Waals surface area (Å²) < 4.78 is 2.28. The number of guanidine groups is 1. The molecule has 1 aliphatic heterocycles. The molecule has 9 N–H and O–H groups in total. The number of carbonyl (C=O) groups excluding carboxylic acids is 1. The number of aromatic nitrogens is 2. The molecule has 1 aromatic heterocycles. The van der Waals surface area contributed by atoms with E-state index in [9.17, 15) is 35.4 Å². The molecule has 67 heavy (non-hydrogen) atoms. The van der Waals surface area contributed by atoms with Gasteiger partial charge in [-0.05, 0) is 149 Å². The number of carbonyl (C=O) groups is 1. The molecule has 18 atom stereocenters. The molecule has 0 unspecified atom stereocenters. The summed E-state index contributed by atoms with van der Waals surface area (Å²) >= 11 is 0. The van der Waals surface area contributed by atoms with E-state index in [4.69, 9.17) is 10.7 Å². The van der Waals surface area contributed by atoms with E-state index in [2.05, 4.69) is 48.8 Å². The van der Waals surface area contributed by atoms with Gasteiger partial charge in [0.2, 0.25) is 0 Å². The van der Waals surface area contributed by atoms with Gasteiger partial charge < -0.3 is 46.3 Å². The largest absolute Gasteiger partial charge is 0.396 e. The molecule has 14 heteroatoms. The van der Waals surface area contributed by atoms with Crippen LogP contribution in [-0.4, -0.2) is 106 Å². The number of imidazole rings is 1. The second-order valence-electron chi connectivity index (χ2n) is 24.0. The third-order valence-electron chi connectivity index (χ3n) is 19.9. The van der Waals surface area contributed by atoms with Gasteiger partial charge in [0.25, 0.3) is 0 Å². The van der Waals surface area contributed by atoms with Crippen molar-refractivity contribution in [1.29, 1.82) is 0 Å². The van der Waals surface area contributed by atoms with Crippen molar-refractivity contribution in [3.8, 4) is 0 Å². The summed E-state index contributed by atoms with van der Waals surface area (Å²) in [6.07, 6.45) is 16.8. The van der Waals surface area contributed by atoms with E-state index in [1.165, 1.54) is 24.8 Å². The van der Waals surface area contributed by atoms with Crippen molar-refractivity contribution in [3.63, 3.8) is 0 Å². The molecule has 5 saturated carbocycles. The van der Waals surface area contributed by atoms with Crippen molar-refractivity contribution in [1.82, 2.24) is 14.9 Å². The zero-order valence-corrected chi connectivity index (χ0v) is 42.2. The third-order valence-corrected chi connectivity index (χ3v) is 22.9. The lowest BCUT2D eigenvalue weighted by Gasteiger charge is -2.64. The Morgan fingerprint density at radius 3 is 2.55 bits per heavy atom. The number of hydrogen-bond donors (Lipinski definition) is 8. The highest BCUT2D eigenvalue weighted by Crippen LogP contribution is 2.74. The van der Waals surface area contributed by atoms with E-state index in [0.717, 1.165) is 49.9 Å². The zero-order valence-electron chi connectivity index (χ0n) is 40.5. The number of rotatable bonds is 7. The van der Waals surface area contributed by atoms with Crippen molar-refractivity contribution in [2.24, 2.45) is 80.2 Å². The van der Waals surface area contributed by atoms with Crippen LogP contribution in [0.5, 0.6) is 0 Å². The van der Waals surface area contributed by atoms with Crippen molar-refractivity contribution in [2.45, 2.75) is 172 Å². The number of fused-ring (bicyclic) bond motifs is 13. The number of nitrogens with one attached hydrogen (secondary N) is 1. The number of aliphatic imine (C=N–C) groups is 1. The number of aliphatic hydroxyl groups is 6. The molecule has 2 heterocycles. The molecular formula is C53H79N5O7S2. The normalized spacial score (nSPS) is 45.5. The molecule has 8 aliphatic carbocycles. The molecule has 6 fully saturated rings. The van der Waals surface area contributed by atoms with Crippen molar-refractivity contribution in [3.05, 3.63) is 52.7 Å². The first kappa shape index (κ1) is 48.5. The second kappa shape index (κ2) is 18.1. The summed E-state index contributed by atoms with van der Waals surface area (Å²) in [7, 11) is 3.69. The van der Waals surface area contributed by atoms with Crippen LogP contribution in [0.25, 0.3) is 0 Å². The monoisotopic (exact) mass is 962 g/mol. The minimum atomic E-state index is -1.47. The molecule has 0 radical (unpaired) electrons. The SMILES string of the molecule is C[C@H](O)NC(N)=NC[C@H]1C[C@]2(C)[C@@H]3C[C@@H]([C@H](CCCO)SSC[C@@H](n4ccnc4)CC(C)(C)C4=C5CCCC[C@@H]5C5=C6[C@@H](CCC5)C[C@@H]3[C@H](O)[C@H]64)[C@@]2(O)C2=CC(=O)[C@@H]3C[C@@H](O)[C@@H](O)C[C@]3(C)[C@H]21. The maximum absolute atomic E-state index is 14.8. The molecule has 1 saturated heterocycles. The summed E-state index contributed by atoms with van der Waals surface area (Å²) in [6, 6.07) is 0.130. The number of allylic oxidation sites excluding steroid dienone is 3. The van der Waals surface area contributed by atoms with Crippen molar-refractivity contribution >= 4 is 33.3 Å². The lowest BCUT2D eigenvalue weighted by molar-refractivity contribution is -0.172. The molecule has 0 amide bonds. The lowest BCUT2D eigenvalue weighted by atomic mass is 9.42. The fraction of sp³-hybridized carbons (Fsp3) is 0.792. The quantitative estimate of drug-likeness (QED) is 0.0464.